The number of ether oxygens (including phenoxy) is 2. The molecule has 0 unspecified atom stereocenters. The van der Waals surface area contributed by atoms with Crippen molar-refractivity contribution in [1.82, 2.24) is 9.80 Å². The zero-order chi connectivity index (χ0) is 110. The third-order valence-corrected chi connectivity index (χ3v) is 21.0. The molecule has 45 heteroatoms. The number of benzene rings is 8. The Bertz CT molecular complexity index is 5160. The number of aldehydes is 1. The number of nitrogens with one attached hydrogen (secondary N) is 5. The van der Waals surface area contributed by atoms with E-state index in [2.05, 4.69) is 134 Å². The van der Waals surface area contributed by atoms with Gasteiger partial charge in [0.1, 0.15) is 17.5 Å². The van der Waals surface area contributed by atoms with Gasteiger partial charge in [-0.2, -0.15) is 52.7 Å². The summed E-state index contributed by atoms with van der Waals surface area (Å²) in [6, 6.07) is 58.5. The molecule has 0 atom stereocenters. The molecule has 3 heterocycles. The van der Waals surface area contributed by atoms with Gasteiger partial charge in [0.25, 0.3) is 30.1 Å². The van der Waals surface area contributed by atoms with Crippen LogP contribution in [0.25, 0.3) is 0 Å². The summed E-state index contributed by atoms with van der Waals surface area (Å²) in [5, 5.41) is 51.4. The number of anilines is 6. The number of aliphatic hydroxyl groups is 3. The SMILES string of the molecule is C.C#CC(O)(CCC)CCC.C1CCOC1.CCCC(O)(C#Cc1cccc(NCCCC(=O)C(F)(F)F)c1)CCC.CCO.CCOC(=O)C(F)(F)F.NCCNc1cccc(Br)c1.Nc1cccc(Br)c1.O=C(CCCNc1cccc(Br)c1)C(F)(F)F.O=C(CCCNc1cccc(Br)c1)C(F)(F)F.O=C1c2ccccc2C(=O)N1CCNc1cccc(Br)c1.O=CCN1C(=O)c2ccccc2C1=O.O=CO[O-].[H-].[K+].[K+]. The molecule has 1 saturated heterocycles. The quantitative estimate of drug-likeness (QED) is 0.00171. The first kappa shape index (κ1) is 146. The molecule has 0 radical (unpaired) electrons. The average Bonchev–Trinajstić information content (AvgIpc) is 1.62. The van der Waals surface area contributed by atoms with Gasteiger partial charge < -0.3 is 79.2 Å². The molecule has 148 heavy (non-hydrogen) atoms. The minimum atomic E-state index is -4.85. The van der Waals surface area contributed by atoms with Gasteiger partial charge in [-0.15, -0.1) is 6.42 Å². The first-order valence-corrected chi connectivity index (χ1v) is 49.3. The van der Waals surface area contributed by atoms with Crippen LogP contribution in [0.15, 0.2) is 216 Å². The number of imide groups is 2. The summed E-state index contributed by atoms with van der Waals surface area (Å²) in [5.41, 5.74) is 16.5. The number of Topliss-reactive ketones (excluding diaryl/α,β-unsaturated/α-hetero) is 3. The van der Waals surface area contributed by atoms with Gasteiger partial charge in [-0.1, -0.05) is 219 Å². The van der Waals surface area contributed by atoms with Crippen molar-refractivity contribution in [3.05, 3.63) is 244 Å². The molecular formula is C103H126Br5F12K2N9O17. The molecular weight excluding hydrogens is 2340 g/mol. The molecule has 26 nitrogen and oxygen atoms in total. The van der Waals surface area contributed by atoms with Gasteiger partial charge in [0.2, 0.25) is 17.3 Å². The maximum absolute atomic E-state index is 12.2. The van der Waals surface area contributed by atoms with Crippen molar-refractivity contribution in [2.45, 2.75) is 188 Å². The topological polar surface area (TPSA) is 401 Å². The summed E-state index contributed by atoms with van der Waals surface area (Å²) in [6.07, 6.45) is -5.62. The van der Waals surface area contributed by atoms with E-state index in [1.807, 2.05) is 143 Å². The maximum Gasteiger partial charge on any atom is 1.00 e. The summed E-state index contributed by atoms with van der Waals surface area (Å²) >= 11 is 16.6. The Morgan fingerprint density at radius 2 is 0.777 bits per heavy atom. The van der Waals surface area contributed by atoms with Crippen LogP contribution in [0.4, 0.5) is 86.8 Å². The molecule has 0 spiro atoms. The average molecular weight is 2470 g/mol. The Hall–Kier alpha value is -7.83. The fraction of sp³-hybridized carbons (Fsp3) is 0.398. The first-order chi connectivity index (χ1) is 68.5. The minimum Gasteiger partial charge on any atom is -1.00 e. The fourth-order valence-corrected chi connectivity index (χ4v) is 14.0. The van der Waals surface area contributed by atoms with Gasteiger partial charge in [-0.05, 0) is 205 Å². The molecule has 0 aromatic heterocycles. The normalized spacial score (nSPS) is 11.6. The molecule has 8 aromatic rings. The Morgan fingerprint density at radius 1 is 0.473 bits per heavy atom. The second-order valence-corrected chi connectivity index (χ2v) is 35.0. The number of nitrogens with two attached hydrogens (primary N) is 2. The largest absolute Gasteiger partial charge is 1.00 e. The number of fused-ring (bicyclic) bond motifs is 2. The van der Waals surface area contributed by atoms with E-state index in [0.29, 0.717) is 85.4 Å². The molecule has 806 valence electrons. The summed E-state index contributed by atoms with van der Waals surface area (Å²) in [6.45, 7) is 15.9. The van der Waals surface area contributed by atoms with Gasteiger partial charge in [-0.25, -0.2) is 4.79 Å². The summed E-state index contributed by atoms with van der Waals surface area (Å²) in [5.74, 6) is -0.0322. The number of carbonyl (C=O) groups excluding carboxylic acids is 10. The van der Waals surface area contributed by atoms with E-state index >= 15 is 0 Å². The summed E-state index contributed by atoms with van der Waals surface area (Å²) in [7, 11) is 0. The molecule has 3 aliphatic heterocycles. The zero-order valence-corrected chi connectivity index (χ0v) is 96.7. The number of esters is 1. The molecule has 3 aliphatic rings. The van der Waals surface area contributed by atoms with Crippen LogP contribution in [0.3, 0.4) is 0 Å². The molecule has 12 N–H and O–H groups in total. The second-order valence-electron chi connectivity index (χ2n) is 30.4. The Labute approximate surface area is 985 Å². The Morgan fingerprint density at radius 3 is 1.03 bits per heavy atom. The van der Waals surface area contributed by atoms with E-state index in [0.717, 1.165) is 114 Å². The predicted octanol–water partition coefficient (Wildman–Crippen LogP) is 16.8. The number of nitrogens with zero attached hydrogens (tertiary/aromatic N) is 2. The number of aliphatic hydroxyl groups excluding tert-OH is 1. The smallest absolute Gasteiger partial charge is 1.00 e. The van der Waals surface area contributed by atoms with Crippen molar-refractivity contribution in [3.8, 4) is 24.2 Å². The van der Waals surface area contributed by atoms with Gasteiger partial charge >= 0.3 is 133 Å². The van der Waals surface area contributed by atoms with Crippen molar-refractivity contribution in [1.29, 1.82) is 0 Å². The molecule has 0 saturated carbocycles. The van der Waals surface area contributed by atoms with E-state index in [-0.39, 0.29) is 175 Å². The molecule has 1 fully saturated rings. The van der Waals surface area contributed by atoms with Crippen LogP contribution in [0.1, 0.15) is 200 Å². The van der Waals surface area contributed by atoms with Gasteiger partial charge in [0.15, 0.2) is 0 Å². The molecule has 0 aliphatic carbocycles. The molecule has 11 rings (SSSR count). The van der Waals surface area contributed by atoms with E-state index in [4.69, 9.17) is 37.8 Å². The molecule has 4 amide bonds. The number of halogens is 17. The number of amides is 4. The number of hydrogen-bond acceptors (Lipinski definition) is 24. The van der Waals surface area contributed by atoms with Crippen LogP contribution in [-0.4, -0.2) is 200 Å². The number of nitrogen functional groups attached to an aromatic ring is 1. The first-order valence-electron chi connectivity index (χ1n) is 45.3. The maximum atomic E-state index is 12.2. The van der Waals surface area contributed by atoms with Crippen molar-refractivity contribution in [2.75, 3.05) is 111 Å². The van der Waals surface area contributed by atoms with E-state index in [1.165, 1.54) is 24.7 Å². The minimum absolute atomic E-state index is 0. The molecule has 0 bridgehead atoms. The van der Waals surface area contributed by atoms with Crippen LogP contribution in [-0.2, 0) is 43.1 Å². The van der Waals surface area contributed by atoms with Crippen LogP contribution < -0.4 is 146 Å². The number of hydrogen-bond donors (Lipinski definition) is 10. The summed E-state index contributed by atoms with van der Waals surface area (Å²) in [4.78, 5) is 113. The summed E-state index contributed by atoms with van der Waals surface area (Å²) < 4.78 is 155. The second kappa shape index (κ2) is 82.8. The number of terminal acetylenes is 1. The van der Waals surface area contributed by atoms with Crippen molar-refractivity contribution >= 4 is 173 Å². The van der Waals surface area contributed by atoms with Gasteiger partial charge in [0.05, 0.1) is 35.4 Å². The van der Waals surface area contributed by atoms with Crippen molar-refractivity contribution < 1.29 is 240 Å². The number of rotatable bonds is 34. The number of carbonyl (C=O) groups is 10. The molecule has 8 aromatic carbocycles. The number of ketones is 3. The van der Waals surface area contributed by atoms with Crippen molar-refractivity contribution in [2.24, 2.45) is 5.73 Å². The van der Waals surface area contributed by atoms with Crippen LogP contribution in [0.2, 0.25) is 0 Å². The van der Waals surface area contributed by atoms with Crippen LogP contribution in [0.5, 0.6) is 0 Å². The third-order valence-electron chi connectivity index (χ3n) is 18.6. The van der Waals surface area contributed by atoms with E-state index in [9.17, 15) is 106 Å². The number of alkyl halides is 12. The van der Waals surface area contributed by atoms with Crippen LogP contribution in [0, 0.1) is 24.2 Å². The van der Waals surface area contributed by atoms with Gasteiger partial charge in [0, 0.05) is 147 Å². The standard InChI is InChI=1S/C20H26F3NO2.C16H13BrN2O2.2C11H11BrF3NO.C10H7NO3.C9H16O.C8H11BrN2.C6H6BrN.C4H5F3O2.C4H8O.C2H6O.CH2O3.CH4.2K.H/c1-3-11-19(26,12-4-2)13-10-16-7-5-8-17(15-16)24-14-6-9-18(25)20(21,22)23;17-11-4-3-5-12(10-11)18-8-9-19-15(20)13-6-1-2-7-14(13)16(19)21;2*12-8-3-1-4-9(7-8)16-6-2-5-10(17)11(13,14)15;12-6-5-11-9(13)7-3-1-2-4-8(7)10(11)14;1-4-7-9(10,6-3)8-5-2;9-7-2-1-3-8(6-7)11-5-4-10;7-5-2-1-3-6(8)4-5;1-2-9-3(8)4(5,6)7;1-2-4-5-3-1;1-2-3;2-1-4-3;;;;/h5,7-8,15,24,26H,3-4,6,9,11-12,14H2,1-2H3;1-7,10,18H,8-9H2;2*1,3-4,7,16H,2,5-6H2;1-4,6H,5H2;3,10H,4-5,7-8H2,1-2H3;1-3,6,11H,4-5,10H2;1-4H,8H2;2H2,1H3;1-4H2;3H,2H2,1H3;1,3H;1H4;;;/q;;;;;;;;;;;;;2*+1;-1/p-1. The van der Waals surface area contributed by atoms with E-state index in [1.54, 1.807) is 85.8 Å². The monoisotopic (exact) mass is 2460 g/mol. The van der Waals surface area contributed by atoms with Crippen LogP contribution >= 0.6 is 79.6 Å². The van der Waals surface area contributed by atoms with E-state index < -0.39 is 90.3 Å². The predicted molar refractivity (Wildman–Crippen MR) is 559 cm³/mol. The Balaban J connectivity index is -0.000000522. The fourth-order valence-electron chi connectivity index (χ4n) is 12.0. The zero-order valence-electron chi connectivity index (χ0n) is 83.5. The Kier molecular flexibility index (Phi) is 81.9. The van der Waals surface area contributed by atoms with Crippen molar-refractivity contribution in [3.63, 3.8) is 0 Å². The van der Waals surface area contributed by atoms with Gasteiger partial charge in [-0.3, -0.25) is 48.2 Å². The third kappa shape index (κ3) is 66.2.